The molecule has 1 aliphatic rings. The number of hydrogen-bond acceptors (Lipinski definition) is 6. The molecule has 5 heterocycles. The Bertz CT molecular complexity index is 1740. The molecule has 184 valence electrons. The fourth-order valence-corrected chi connectivity index (χ4v) is 5.93. The lowest BCUT2D eigenvalue weighted by Crippen LogP contribution is -2.33. The van der Waals surface area contributed by atoms with Gasteiger partial charge in [0.05, 0.1) is 28.8 Å². The van der Waals surface area contributed by atoms with Crippen LogP contribution in [0.1, 0.15) is 24.1 Å². The van der Waals surface area contributed by atoms with Crippen molar-refractivity contribution in [3.63, 3.8) is 0 Å². The maximum Gasteiger partial charge on any atom is 0.135 e. The van der Waals surface area contributed by atoms with Crippen LogP contribution in [0.3, 0.4) is 0 Å². The van der Waals surface area contributed by atoms with Crippen molar-refractivity contribution < 1.29 is 5.11 Å². The van der Waals surface area contributed by atoms with Gasteiger partial charge in [0, 0.05) is 43.9 Å². The number of nitrogens with zero attached hydrogens (tertiary/aromatic N) is 3. The molecule has 0 saturated heterocycles. The lowest BCUT2D eigenvalue weighted by Gasteiger charge is -2.31. The van der Waals surface area contributed by atoms with E-state index < -0.39 is 6.23 Å². The number of benzene rings is 1. The highest BCUT2D eigenvalue weighted by Gasteiger charge is 2.25. The van der Waals surface area contributed by atoms with Crippen LogP contribution >= 0.6 is 11.3 Å². The van der Waals surface area contributed by atoms with Gasteiger partial charge in [0.2, 0.25) is 0 Å². The third-order valence-electron chi connectivity index (χ3n) is 7.28. The van der Waals surface area contributed by atoms with Crippen molar-refractivity contribution in [3.8, 4) is 33.1 Å². The van der Waals surface area contributed by atoms with Gasteiger partial charge in [-0.25, -0.2) is 4.98 Å². The van der Waals surface area contributed by atoms with Crippen LogP contribution in [0.2, 0.25) is 0 Å². The summed E-state index contributed by atoms with van der Waals surface area (Å²) in [5, 5.41) is 22.6. The Balaban J connectivity index is 1.26. The highest BCUT2D eigenvalue weighted by Crippen LogP contribution is 2.37. The van der Waals surface area contributed by atoms with Gasteiger partial charge < -0.3 is 15.4 Å². The quantitative estimate of drug-likeness (QED) is 0.187. The smallest absolute Gasteiger partial charge is 0.135 e. The first-order chi connectivity index (χ1) is 18.1. The van der Waals surface area contributed by atoms with Gasteiger partial charge in [0.15, 0.2) is 0 Å². The standard InChI is InChI=1S/C29H26N6OS/c1-16-8-11-26(37-16)20-6-3-7-23-21(20)13-25(32-23)28-27-24(34-35-28)10-9-22(33-27)18-12-19(15-30-14-18)31-29(36)17-4-2-5-17/h3,6-15,17,29,31-32,36H,2,4-5H2,1H3,(H,34,35). The van der Waals surface area contributed by atoms with Crippen molar-refractivity contribution >= 4 is 39.0 Å². The fraction of sp³-hybridized carbons (Fsp3) is 0.207. The normalized spacial score (nSPS) is 14.8. The van der Waals surface area contributed by atoms with Crippen molar-refractivity contribution in [2.45, 2.75) is 32.4 Å². The van der Waals surface area contributed by atoms with Crippen molar-refractivity contribution in [3.05, 3.63) is 71.9 Å². The number of aromatic nitrogens is 5. The Hall–Kier alpha value is -4.01. The molecule has 37 heavy (non-hydrogen) atoms. The van der Waals surface area contributed by atoms with Crippen molar-refractivity contribution in [2.24, 2.45) is 5.92 Å². The molecule has 1 unspecified atom stereocenters. The second-order valence-corrected chi connectivity index (χ2v) is 11.1. The van der Waals surface area contributed by atoms with E-state index >= 15 is 0 Å². The van der Waals surface area contributed by atoms with Gasteiger partial charge >= 0.3 is 0 Å². The molecular formula is C29H26N6OS. The molecule has 0 bridgehead atoms. The Labute approximate surface area is 217 Å². The van der Waals surface area contributed by atoms with E-state index in [1.54, 1.807) is 23.7 Å². The largest absolute Gasteiger partial charge is 0.374 e. The average molecular weight is 507 g/mol. The van der Waals surface area contributed by atoms with E-state index in [9.17, 15) is 5.11 Å². The maximum absolute atomic E-state index is 10.4. The first-order valence-electron chi connectivity index (χ1n) is 12.6. The van der Waals surface area contributed by atoms with E-state index in [2.05, 4.69) is 68.8 Å². The summed E-state index contributed by atoms with van der Waals surface area (Å²) in [5.41, 5.74) is 8.12. The van der Waals surface area contributed by atoms with E-state index in [4.69, 9.17) is 4.98 Å². The summed E-state index contributed by atoms with van der Waals surface area (Å²) < 4.78 is 0. The molecule has 0 radical (unpaired) electrons. The van der Waals surface area contributed by atoms with Crippen molar-refractivity contribution in [2.75, 3.05) is 5.32 Å². The Morgan fingerprint density at radius 3 is 2.78 bits per heavy atom. The summed E-state index contributed by atoms with van der Waals surface area (Å²) in [4.78, 5) is 15.5. The number of aliphatic hydroxyl groups is 1. The molecule has 6 aromatic rings. The van der Waals surface area contributed by atoms with E-state index in [0.29, 0.717) is 5.92 Å². The summed E-state index contributed by atoms with van der Waals surface area (Å²) in [6, 6.07) is 18.8. The lowest BCUT2D eigenvalue weighted by atomic mass is 9.84. The second-order valence-electron chi connectivity index (χ2n) is 9.77. The molecule has 1 saturated carbocycles. The van der Waals surface area contributed by atoms with Crippen LogP contribution in [0.5, 0.6) is 0 Å². The van der Waals surface area contributed by atoms with E-state index in [0.717, 1.165) is 57.7 Å². The van der Waals surface area contributed by atoms with Crippen molar-refractivity contribution in [1.29, 1.82) is 0 Å². The number of thiophene rings is 1. The Morgan fingerprint density at radius 1 is 1.05 bits per heavy atom. The van der Waals surface area contributed by atoms with Crippen LogP contribution in [0.4, 0.5) is 5.69 Å². The molecule has 7 rings (SSSR count). The molecule has 4 N–H and O–H groups in total. The summed E-state index contributed by atoms with van der Waals surface area (Å²) in [5.74, 6) is 0.312. The number of H-pyrrole nitrogens is 2. The van der Waals surface area contributed by atoms with Gasteiger partial charge in [-0.1, -0.05) is 18.6 Å². The second kappa shape index (κ2) is 8.83. The number of aromatic amines is 2. The number of hydrogen-bond donors (Lipinski definition) is 4. The minimum Gasteiger partial charge on any atom is -0.374 e. The molecule has 1 aliphatic carbocycles. The van der Waals surface area contributed by atoms with Crippen LogP contribution < -0.4 is 5.32 Å². The van der Waals surface area contributed by atoms with Gasteiger partial charge in [0.1, 0.15) is 17.4 Å². The van der Waals surface area contributed by atoms with Crippen LogP contribution in [0.25, 0.3) is 55.0 Å². The van der Waals surface area contributed by atoms with Crippen LogP contribution in [0.15, 0.2) is 67.0 Å². The number of pyridine rings is 2. The number of nitrogens with one attached hydrogen (secondary N) is 3. The third-order valence-corrected chi connectivity index (χ3v) is 8.31. The number of aliphatic hydroxyl groups excluding tert-OH is 1. The Morgan fingerprint density at radius 2 is 1.97 bits per heavy atom. The molecular weight excluding hydrogens is 480 g/mol. The number of fused-ring (bicyclic) bond motifs is 2. The zero-order valence-electron chi connectivity index (χ0n) is 20.3. The molecule has 0 aliphatic heterocycles. The number of anilines is 1. The molecule has 0 spiro atoms. The van der Waals surface area contributed by atoms with Crippen LogP contribution in [-0.2, 0) is 0 Å². The highest BCUT2D eigenvalue weighted by molar-refractivity contribution is 7.15. The number of rotatable bonds is 6. The zero-order valence-corrected chi connectivity index (χ0v) is 21.1. The summed E-state index contributed by atoms with van der Waals surface area (Å²) in [7, 11) is 0. The zero-order chi connectivity index (χ0) is 24.9. The molecule has 1 fully saturated rings. The molecule has 8 heteroatoms. The predicted molar refractivity (Wildman–Crippen MR) is 149 cm³/mol. The topological polar surface area (TPSA) is 103 Å². The number of aryl methyl sites for hydroxylation is 1. The van der Waals surface area contributed by atoms with Crippen LogP contribution in [-0.4, -0.2) is 36.5 Å². The van der Waals surface area contributed by atoms with Gasteiger partial charge in [-0.15, -0.1) is 11.3 Å². The molecule has 7 nitrogen and oxygen atoms in total. The van der Waals surface area contributed by atoms with Crippen molar-refractivity contribution in [1.82, 2.24) is 25.1 Å². The van der Waals surface area contributed by atoms with E-state index in [1.165, 1.54) is 27.1 Å². The SMILES string of the molecule is Cc1ccc(-c2cccc3[nH]c(-c4n[nH]c5ccc(-c6cncc(NC(O)C7CCC7)c6)nc45)cc23)s1. The van der Waals surface area contributed by atoms with Gasteiger partial charge in [-0.3, -0.25) is 10.1 Å². The minimum absolute atomic E-state index is 0.312. The molecule has 1 aromatic carbocycles. The predicted octanol–water partition coefficient (Wildman–Crippen LogP) is 6.74. The first-order valence-corrected chi connectivity index (χ1v) is 13.4. The summed E-state index contributed by atoms with van der Waals surface area (Å²) in [6.45, 7) is 2.13. The summed E-state index contributed by atoms with van der Waals surface area (Å²) >= 11 is 1.80. The molecule has 1 atom stereocenters. The maximum atomic E-state index is 10.4. The molecule has 5 aromatic heterocycles. The first kappa shape index (κ1) is 22.2. The average Bonchev–Trinajstić information content (AvgIpc) is 3.60. The fourth-order valence-electron chi connectivity index (χ4n) is 5.03. The van der Waals surface area contributed by atoms with Gasteiger partial charge in [-0.2, -0.15) is 5.10 Å². The van der Waals surface area contributed by atoms with E-state index in [-0.39, 0.29) is 0 Å². The highest BCUT2D eigenvalue weighted by atomic mass is 32.1. The van der Waals surface area contributed by atoms with E-state index in [1.807, 2.05) is 18.2 Å². The lowest BCUT2D eigenvalue weighted by molar-refractivity contribution is 0.0851. The minimum atomic E-state index is -0.549. The third kappa shape index (κ3) is 3.98. The van der Waals surface area contributed by atoms with Gasteiger partial charge in [-0.05, 0) is 62.2 Å². The summed E-state index contributed by atoms with van der Waals surface area (Å²) in [6.07, 6.45) is 6.30. The molecule has 0 amide bonds. The van der Waals surface area contributed by atoms with Crippen LogP contribution in [0, 0.1) is 12.8 Å². The monoisotopic (exact) mass is 506 g/mol. The Kier molecular flexibility index (Phi) is 5.30. The van der Waals surface area contributed by atoms with Gasteiger partial charge in [0.25, 0.3) is 0 Å².